The zero-order valence-electron chi connectivity index (χ0n) is 12.4. The number of halogens is 2. The predicted octanol–water partition coefficient (Wildman–Crippen LogP) is 2.76. The van der Waals surface area contributed by atoms with E-state index in [9.17, 15) is 9.18 Å². The smallest absolute Gasteiger partial charge is 0.229 e. The van der Waals surface area contributed by atoms with Crippen molar-refractivity contribution in [2.75, 3.05) is 5.32 Å². The standard InChI is InChI=1S/C15H17FN4OS.ClH/c16-12-4-2-1-3-9(12)8-13-19-20-15(22-13)18-14(21)10-5-6-11(17)7-10;/h1-4,10-11H,5-8,17H2,(H,18,20,21);1H. The lowest BCUT2D eigenvalue weighted by molar-refractivity contribution is -0.119. The van der Waals surface area contributed by atoms with Crippen LogP contribution < -0.4 is 11.1 Å². The summed E-state index contributed by atoms with van der Waals surface area (Å²) in [6.45, 7) is 0. The van der Waals surface area contributed by atoms with Crippen molar-refractivity contribution in [1.29, 1.82) is 0 Å². The Kier molecular flexibility index (Phi) is 6.04. The normalized spacial score (nSPS) is 20.1. The molecule has 0 bridgehead atoms. The van der Waals surface area contributed by atoms with Crippen LogP contribution in [0.5, 0.6) is 0 Å². The van der Waals surface area contributed by atoms with Crippen LogP contribution in [0.3, 0.4) is 0 Å². The van der Waals surface area contributed by atoms with Crippen molar-refractivity contribution in [3.8, 4) is 0 Å². The number of benzene rings is 1. The van der Waals surface area contributed by atoms with Crippen LogP contribution in [0, 0.1) is 11.7 Å². The molecule has 124 valence electrons. The summed E-state index contributed by atoms with van der Waals surface area (Å²) in [4.78, 5) is 12.1. The number of hydrogen-bond donors (Lipinski definition) is 2. The van der Waals surface area contributed by atoms with Crippen molar-refractivity contribution in [2.24, 2.45) is 11.7 Å². The highest BCUT2D eigenvalue weighted by molar-refractivity contribution is 7.15. The molecule has 3 rings (SSSR count). The molecular weight excluding hydrogens is 339 g/mol. The monoisotopic (exact) mass is 356 g/mol. The van der Waals surface area contributed by atoms with E-state index in [2.05, 4.69) is 15.5 Å². The van der Waals surface area contributed by atoms with Crippen molar-refractivity contribution >= 4 is 34.8 Å². The van der Waals surface area contributed by atoms with Gasteiger partial charge in [0.05, 0.1) is 0 Å². The van der Waals surface area contributed by atoms with E-state index in [-0.39, 0.29) is 36.1 Å². The summed E-state index contributed by atoms with van der Waals surface area (Å²) in [5.74, 6) is -0.362. The van der Waals surface area contributed by atoms with Gasteiger partial charge in [0.15, 0.2) is 0 Å². The minimum atomic E-state index is -0.261. The third-order valence-corrected chi connectivity index (χ3v) is 4.68. The first-order valence-electron chi connectivity index (χ1n) is 7.24. The van der Waals surface area contributed by atoms with E-state index in [1.54, 1.807) is 18.2 Å². The summed E-state index contributed by atoms with van der Waals surface area (Å²) in [5, 5.41) is 11.9. The Balaban J connectivity index is 0.00000192. The fourth-order valence-corrected chi connectivity index (χ4v) is 3.41. The van der Waals surface area contributed by atoms with Crippen molar-refractivity contribution in [3.05, 3.63) is 40.7 Å². The number of anilines is 1. The molecule has 0 aliphatic heterocycles. The van der Waals surface area contributed by atoms with Gasteiger partial charge in [0, 0.05) is 18.4 Å². The van der Waals surface area contributed by atoms with Gasteiger partial charge in [-0.1, -0.05) is 29.5 Å². The minimum absolute atomic E-state index is 0. The second kappa shape index (κ2) is 7.81. The summed E-state index contributed by atoms with van der Waals surface area (Å²) in [7, 11) is 0. The van der Waals surface area contributed by atoms with E-state index in [4.69, 9.17) is 5.73 Å². The summed E-state index contributed by atoms with van der Waals surface area (Å²) < 4.78 is 13.6. The van der Waals surface area contributed by atoms with Crippen molar-refractivity contribution in [2.45, 2.75) is 31.7 Å². The van der Waals surface area contributed by atoms with Gasteiger partial charge >= 0.3 is 0 Å². The third-order valence-electron chi connectivity index (χ3n) is 3.84. The van der Waals surface area contributed by atoms with Crippen LogP contribution in [0.25, 0.3) is 0 Å². The van der Waals surface area contributed by atoms with Crippen molar-refractivity contribution in [3.63, 3.8) is 0 Å². The lowest BCUT2D eigenvalue weighted by atomic mass is 10.1. The average molecular weight is 357 g/mol. The molecular formula is C15H18ClFN4OS. The Hall–Kier alpha value is -1.57. The lowest BCUT2D eigenvalue weighted by Gasteiger charge is -2.07. The molecule has 23 heavy (non-hydrogen) atoms. The first kappa shape index (κ1) is 17.8. The summed E-state index contributed by atoms with van der Waals surface area (Å²) in [6.07, 6.45) is 2.78. The molecule has 8 heteroatoms. The van der Waals surface area contributed by atoms with Gasteiger partial charge in [0.25, 0.3) is 0 Å². The molecule has 3 N–H and O–H groups in total. The molecule has 2 unspecified atom stereocenters. The van der Waals surface area contributed by atoms with Crippen LogP contribution in [0.15, 0.2) is 24.3 Å². The minimum Gasteiger partial charge on any atom is -0.328 e. The quantitative estimate of drug-likeness (QED) is 0.882. The lowest BCUT2D eigenvalue weighted by Crippen LogP contribution is -2.23. The number of hydrogen-bond acceptors (Lipinski definition) is 5. The third kappa shape index (κ3) is 4.46. The molecule has 5 nitrogen and oxygen atoms in total. The number of carbonyl (C=O) groups excluding carboxylic acids is 1. The van der Waals surface area contributed by atoms with Crippen LogP contribution in [-0.4, -0.2) is 22.1 Å². The van der Waals surface area contributed by atoms with E-state index in [0.717, 1.165) is 12.8 Å². The molecule has 1 aromatic carbocycles. The van der Waals surface area contributed by atoms with Crippen LogP contribution in [-0.2, 0) is 11.2 Å². The zero-order chi connectivity index (χ0) is 15.5. The second-order valence-electron chi connectivity index (χ2n) is 5.53. The highest BCUT2D eigenvalue weighted by atomic mass is 35.5. The average Bonchev–Trinajstić information content (AvgIpc) is 3.11. The van der Waals surface area contributed by atoms with E-state index >= 15 is 0 Å². The molecule has 0 spiro atoms. The molecule has 1 aromatic heterocycles. The second-order valence-corrected chi connectivity index (χ2v) is 6.59. The van der Waals surface area contributed by atoms with E-state index < -0.39 is 0 Å². The molecule has 2 aromatic rings. The number of carbonyl (C=O) groups is 1. The molecule has 2 atom stereocenters. The van der Waals surface area contributed by atoms with Crippen LogP contribution in [0.2, 0.25) is 0 Å². The molecule has 1 aliphatic rings. The summed E-state index contributed by atoms with van der Waals surface area (Å²) >= 11 is 1.27. The number of nitrogens with two attached hydrogens (primary N) is 1. The largest absolute Gasteiger partial charge is 0.328 e. The van der Waals surface area contributed by atoms with Crippen LogP contribution in [0.1, 0.15) is 29.8 Å². The first-order valence-corrected chi connectivity index (χ1v) is 8.05. The Morgan fingerprint density at radius 1 is 1.35 bits per heavy atom. The Morgan fingerprint density at radius 2 is 2.13 bits per heavy atom. The predicted molar refractivity (Wildman–Crippen MR) is 90.3 cm³/mol. The van der Waals surface area contributed by atoms with E-state index in [0.29, 0.717) is 28.5 Å². The fraction of sp³-hybridized carbons (Fsp3) is 0.400. The number of nitrogens with zero attached hydrogens (tertiary/aromatic N) is 2. The fourth-order valence-electron chi connectivity index (χ4n) is 2.64. The molecule has 1 amide bonds. The van der Waals surface area contributed by atoms with Gasteiger partial charge in [0.1, 0.15) is 10.8 Å². The van der Waals surface area contributed by atoms with Gasteiger partial charge in [-0.05, 0) is 30.9 Å². The molecule has 1 aliphatic carbocycles. The molecule has 1 fully saturated rings. The Bertz CT molecular complexity index is 681. The summed E-state index contributed by atoms with van der Waals surface area (Å²) in [5.41, 5.74) is 6.39. The van der Waals surface area contributed by atoms with Crippen LogP contribution >= 0.6 is 23.7 Å². The van der Waals surface area contributed by atoms with E-state index in [1.807, 2.05) is 0 Å². The van der Waals surface area contributed by atoms with Crippen LogP contribution in [0.4, 0.5) is 9.52 Å². The van der Waals surface area contributed by atoms with Gasteiger partial charge in [-0.15, -0.1) is 22.6 Å². The van der Waals surface area contributed by atoms with E-state index in [1.165, 1.54) is 17.4 Å². The maximum absolute atomic E-state index is 13.6. The number of aromatic nitrogens is 2. The Morgan fingerprint density at radius 3 is 2.83 bits per heavy atom. The van der Waals surface area contributed by atoms with Gasteiger partial charge < -0.3 is 11.1 Å². The topological polar surface area (TPSA) is 80.9 Å². The zero-order valence-corrected chi connectivity index (χ0v) is 14.0. The highest BCUT2D eigenvalue weighted by Gasteiger charge is 2.28. The molecule has 1 saturated carbocycles. The van der Waals surface area contributed by atoms with Gasteiger partial charge in [-0.2, -0.15) is 0 Å². The Labute approximate surface area is 143 Å². The first-order chi connectivity index (χ1) is 10.6. The SMILES string of the molecule is Cl.NC1CCC(C(=O)Nc2nnc(Cc3ccccc3F)s2)C1. The van der Waals surface area contributed by atoms with Gasteiger partial charge in [-0.3, -0.25) is 4.79 Å². The maximum atomic E-state index is 13.6. The highest BCUT2D eigenvalue weighted by Crippen LogP contribution is 2.26. The number of amides is 1. The molecule has 0 radical (unpaired) electrons. The molecule has 1 heterocycles. The number of rotatable bonds is 4. The summed E-state index contributed by atoms with van der Waals surface area (Å²) in [6, 6.07) is 6.68. The van der Waals surface area contributed by atoms with Gasteiger partial charge in [-0.25, -0.2) is 4.39 Å². The maximum Gasteiger partial charge on any atom is 0.229 e. The molecule has 0 saturated heterocycles. The van der Waals surface area contributed by atoms with Crippen molar-refractivity contribution in [1.82, 2.24) is 10.2 Å². The van der Waals surface area contributed by atoms with Gasteiger partial charge in [0.2, 0.25) is 11.0 Å². The number of nitrogens with one attached hydrogen (secondary N) is 1. The van der Waals surface area contributed by atoms with Crippen molar-refractivity contribution < 1.29 is 9.18 Å².